The van der Waals surface area contributed by atoms with E-state index >= 15 is 0 Å². The zero-order valence-electron chi connectivity index (χ0n) is 9.39. The average Bonchev–Trinajstić information content (AvgIpc) is 2.84. The van der Waals surface area contributed by atoms with Gasteiger partial charge in [-0.1, -0.05) is 15.9 Å². The molecule has 18 heavy (non-hydrogen) atoms. The van der Waals surface area contributed by atoms with Crippen molar-refractivity contribution in [1.82, 2.24) is 9.97 Å². The smallest absolute Gasteiger partial charge is 0.231 e. The third-order valence-corrected chi connectivity index (χ3v) is 3.32. The molecule has 0 saturated heterocycles. The Morgan fingerprint density at radius 1 is 1.17 bits per heavy atom. The number of ether oxygens (including phenoxy) is 2. The van der Waals surface area contributed by atoms with Crippen LogP contribution in [0.5, 0.6) is 11.5 Å². The number of nitrogens with one attached hydrogen (secondary N) is 1. The molecule has 0 unspecified atom stereocenters. The fourth-order valence-corrected chi connectivity index (χ4v) is 2.14. The second kappa shape index (κ2) is 4.81. The molecule has 3 rings (SSSR count). The Morgan fingerprint density at radius 3 is 2.67 bits per heavy atom. The molecule has 0 atom stereocenters. The summed E-state index contributed by atoms with van der Waals surface area (Å²) < 4.78 is 11.6. The van der Waals surface area contributed by atoms with E-state index in [4.69, 9.17) is 9.47 Å². The highest BCUT2D eigenvalue weighted by Gasteiger charge is 2.16. The van der Waals surface area contributed by atoms with Gasteiger partial charge in [0.2, 0.25) is 6.79 Å². The molecule has 0 saturated carbocycles. The fraction of sp³-hybridized carbons (Fsp3) is 0.167. The van der Waals surface area contributed by atoms with Gasteiger partial charge in [0, 0.05) is 11.0 Å². The molecule has 0 amide bonds. The second-order valence-corrected chi connectivity index (χ2v) is 4.63. The number of anilines is 1. The van der Waals surface area contributed by atoms with E-state index in [2.05, 4.69) is 31.2 Å². The second-order valence-electron chi connectivity index (χ2n) is 3.78. The summed E-state index contributed by atoms with van der Waals surface area (Å²) in [5, 5.41) is 3.24. The van der Waals surface area contributed by atoms with Crippen LogP contribution in [0.1, 0.15) is 5.56 Å². The standard InChI is InChI=1S/C12H10BrN3O2/c13-10-2-12-11(17-7-18-12)1-8(10)3-16-9-4-14-6-15-5-9/h1-2,4-6,16H,3,7H2. The van der Waals surface area contributed by atoms with Crippen molar-refractivity contribution in [2.75, 3.05) is 12.1 Å². The maximum Gasteiger partial charge on any atom is 0.231 e. The van der Waals surface area contributed by atoms with Crippen LogP contribution in [-0.2, 0) is 6.54 Å². The summed E-state index contributed by atoms with van der Waals surface area (Å²) >= 11 is 3.52. The molecule has 1 aromatic heterocycles. The van der Waals surface area contributed by atoms with Crippen LogP contribution in [0.25, 0.3) is 0 Å². The van der Waals surface area contributed by atoms with Crippen LogP contribution in [0.3, 0.4) is 0 Å². The summed E-state index contributed by atoms with van der Waals surface area (Å²) in [6.45, 7) is 0.940. The molecule has 6 heteroatoms. The van der Waals surface area contributed by atoms with Gasteiger partial charge in [0.05, 0.1) is 18.1 Å². The van der Waals surface area contributed by atoms with Crippen LogP contribution >= 0.6 is 15.9 Å². The normalized spacial score (nSPS) is 12.5. The number of benzene rings is 1. The Bertz CT molecular complexity index is 563. The van der Waals surface area contributed by atoms with Crippen molar-refractivity contribution in [3.8, 4) is 11.5 Å². The van der Waals surface area contributed by atoms with Crippen molar-refractivity contribution in [3.63, 3.8) is 0 Å². The van der Waals surface area contributed by atoms with E-state index in [9.17, 15) is 0 Å². The largest absolute Gasteiger partial charge is 0.454 e. The molecular formula is C12H10BrN3O2. The third-order valence-electron chi connectivity index (χ3n) is 2.59. The lowest BCUT2D eigenvalue weighted by Crippen LogP contribution is -2.01. The lowest BCUT2D eigenvalue weighted by molar-refractivity contribution is 0.174. The topological polar surface area (TPSA) is 56.3 Å². The molecule has 0 aliphatic carbocycles. The van der Waals surface area contributed by atoms with Crippen LogP contribution in [-0.4, -0.2) is 16.8 Å². The van der Waals surface area contributed by atoms with E-state index < -0.39 is 0 Å². The van der Waals surface area contributed by atoms with Gasteiger partial charge in [-0.05, 0) is 17.7 Å². The summed E-state index contributed by atoms with van der Waals surface area (Å²) in [5.74, 6) is 1.55. The quantitative estimate of drug-likeness (QED) is 0.944. The SMILES string of the molecule is Brc1cc2c(cc1CNc1cncnc1)OCO2. The van der Waals surface area contributed by atoms with Crippen LogP contribution in [0.4, 0.5) is 5.69 Å². The van der Waals surface area contributed by atoms with Gasteiger partial charge in [0.25, 0.3) is 0 Å². The van der Waals surface area contributed by atoms with Crippen LogP contribution in [0, 0.1) is 0 Å². The van der Waals surface area contributed by atoms with Gasteiger partial charge < -0.3 is 14.8 Å². The van der Waals surface area contributed by atoms with Crippen LogP contribution < -0.4 is 14.8 Å². The van der Waals surface area contributed by atoms with E-state index in [-0.39, 0.29) is 6.79 Å². The molecule has 0 radical (unpaired) electrons. The van der Waals surface area contributed by atoms with Crippen molar-refractivity contribution in [2.24, 2.45) is 0 Å². The summed E-state index contributed by atoms with van der Waals surface area (Å²) in [4.78, 5) is 7.89. The number of nitrogens with zero attached hydrogens (tertiary/aromatic N) is 2. The lowest BCUT2D eigenvalue weighted by Gasteiger charge is -2.08. The molecule has 1 N–H and O–H groups in total. The molecule has 0 fully saturated rings. The molecule has 1 aliphatic rings. The Balaban J connectivity index is 1.77. The number of hydrogen-bond donors (Lipinski definition) is 1. The van der Waals surface area contributed by atoms with Crippen molar-refractivity contribution < 1.29 is 9.47 Å². The lowest BCUT2D eigenvalue weighted by atomic mass is 10.2. The molecule has 2 heterocycles. The monoisotopic (exact) mass is 307 g/mol. The number of halogens is 1. The minimum Gasteiger partial charge on any atom is -0.454 e. The molecule has 1 aliphatic heterocycles. The van der Waals surface area contributed by atoms with Gasteiger partial charge in [-0.2, -0.15) is 0 Å². The van der Waals surface area contributed by atoms with E-state index in [0.717, 1.165) is 27.2 Å². The highest BCUT2D eigenvalue weighted by Crippen LogP contribution is 2.37. The zero-order chi connectivity index (χ0) is 12.4. The Morgan fingerprint density at radius 2 is 1.89 bits per heavy atom. The Kier molecular flexibility index (Phi) is 3.02. The fourth-order valence-electron chi connectivity index (χ4n) is 1.68. The Hall–Kier alpha value is -1.82. The molecule has 0 bridgehead atoms. The zero-order valence-corrected chi connectivity index (χ0v) is 11.0. The highest BCUT2D eigenvalue weighted by molar-refractivity contribution is 9.10. The third kappa shape index (κ3) is 2.24. The van der Waals surface area contributed by atoms with Crippen molar-refractivity contribution in [1.29, 1.82) is 0 Å². The summed E-state index contributed by atoms with van der Waals surface area (Å²) in [7, 11) is 0. The van der Waals surface area contributed by atoms with Crippen LogP contribution in [0.15, 0.2) is 35.3 Å². The van der Waals surface area contributed by atoms with Gasteiger partial charge in [0.1, 0.15) is 6.33 Å². The number of aromatic nitrogens is 2. The summed E-state index contributed by atoms with van der Waals surface area (Å²) in [6, 6.07) is 3.88. The molecule has 92 valence electrons. The highest BCUT2D eigenvalue weighted by atomic mass is 79.9. The first-order chi connectivity index (χ1) is 8.83. The van der Waals surface area contributed by atoms with Gasteiger partial charge in [-0.3, -0.25) is 0 Å². The average molecular weight is 308 g/mol. The molecule has 5 nitrogen and oxygen atoms in total. The van der Waals surface area contributed by atoms with Crippen LogP contribution in [0.2, 0.25) is 0 Å². The predicted molar refractivity (Wildman–Crippen MR) is 69.6 cm³/mol. The van der Waals surface area contributed by atoms with Crippen molar-refractivity contribution in [3.05, 3.63) is 40.9 Å². The van der Waals surface area contributed by atoms with E-state index in [1.54, 1.807) is 12.4 Å². The van der Waals surface area contributed by atoms with Gasteiger partial charge >= 0.3 is 0 Å². The van der Waals surface area contributed by atoms with Gasteiger partial charge in [-0.25, -0.2) is 9.97 Å². The first kappa shape index (κ1) is 11.3. The molecule has 1 aromatic carbocycles. The first-order valence-electron chi connectivity index (χ1n) is 5.40. The summed E-state index contributed by atoms with van der Waals surface area (Å²) in [5.41, 5.74) is 1.96. The van der Waals surface area contributed by atoms with Crippen molar-refractivity contribution in [2.45, 2.75) is 6.54 Å². The maximum atomic E-state index is 5.35. The first-order valence-corrected chi connectivity index (χ1v) is 6.19. The summed E-state index contributed by atoms with van der Waals surface area (Å²) in [6.07, 6.45) is 4.96. The number of fused-ring (bicyclic) bond motifs is 1. The van der Waals surface area contributed by atoms with Gasteiger partial charge in [-0.15, -0.1) is 0 Å². The number of hydrogen-bond acceptors (Lipinski definition) is 5. The van der Waals surface area contributed by atoms with Crippen molar-refractivity contribution >= 4 is 21.6 Å². The van der Waals surface area contributed by atoms with E-state index in [0.29, 0.717) is 6.54 Å². The van der Waals surface area contributed by atoms with E-state index in [1.807, 2.05) is 12.1 Å². The molecule has 0 spiro atoms. The number of rotatable bonds is 3. The Labute approximate surface area is 112 Å². The predicted octanol–water partition coefficient (Wildman–Crippen LogP) is 2.58. The van der Waals surface area contributed by atoms with Gasteiger partial charge in [0.15, 0.2) is 11.5 Å². The minimum absolute atomic E-state index is 0.283. The minimum atomic E-state index is 0.283. The molecule has 2 aromatic rings. The molecular weight excluding hydrogens is 298 g/mol. The maximum absolute atomic E-state index is 5.35. The van der Waals surface area contributed by atoms with E-state index in [1.165, 1.54) is 6.33 Å².